The molecule has 4 nitrogen and oxygen atoms in total. The first-order chi connectivity index (χ1) is 8.99. The molecule has 0 saturated heterocycles. The number of aryl methyl sites for hydroxylation is 1. The van der Waals surface area contributed by atoms with Crippen LogP contribution in [0.1, 0.15) is 25.3 Å². The summed E-state index contributed by atoms with van der Waals surface area (Å²) < 4.78 is 0. The lowest BCUT2D eigenvalue weighted by Crippen LogP contribution is -2.37. The van der Waals surface area contributed by atoms with E-state index in [1.54, 1.807) is 6.07 Å². The van der Waals surface area contributed by atoms with Crippen LogP contribution in [0.5, 0.6) is 0 Å². The highest BCUT2D eigenvalue weighted by atomic mass is 16.2. The lowest BCUT2D eigenvalue weighted by atomic mass is 10.1. The van der Waals surface area contributed by atoms with Gasteiger partial charge in [-0.3, -0.25) is 9.69 Å². The van der Waals surface area contributed by atoms with E-state index in [2.05, 4.69) is 17.1 Å². The zero-order valence-corrected chi connectivity index (χ0v) is 11.9. The molecule has 3 N–H and O–H groups in total. The highest BCUT2D eigenvalue weighted by Crippen LogP contribution is 2.34. The number of nitrogen functional groups attached to an aromatic ring is 1. The second-order valence-electron chi connectivity index (χ2n) is 5.58. The van der Waals surface area contributed by atoms with Gasteiger partial charge in [-0.15, -0.1) is 0 Å². The average Bonchev–Trinajstić information content (AvgIpc) is 3.17. The Bertz CT molecular complexity index is 448. The number of carbonyl (C=O) groups excluding carboxylic acids is 1. The fourth-order valence-corrected chi connectivity index (χ4v) is 2.35. The minimum Gasteiger partial charge on any atom is -0.397 e. The van der Waals surface area contributed by atoms with Gasteiger partial charge in [-0.1, -0.05) is 12.1 Å². The fraction of sp³-hybridized carbons (Fsp3) is 0.533. The van der Waals surface area contributed by atoms with Crippen molar-refractivity contribution < 1.29 is 4.79 Å². The number of nitrogens with one attached hydrogen (secondary N) is 1. The standard InChI is InChI=1S/C15H23N3O/c1-10-5-4-6-13(16)15(10)17-14(19)9-18(3)11(2)12-7-8-12/h4-6,11-12H,7-9,16H2,1-3H3,(H,17,19). The number of rotatable bonds is 5. The Morgan fingerprint density at radius 3 is 2.79 bits per heavy atom. The van der Waals surface area contributed by atoms with Crippen LogP contribution in [0.25, 0.3) is 0 Å². The summed E-state index contributed by atoms with van der Waals surface area (Å²) in [4.78, 5) is 14.2. The summed E-state index contributed by atoms with van der Waals surface area (Å²) in [6.45, 7) is 4.54. The second-order valence-corrected chi connectivity index (χ2v) is 5.58. The topological polar surface area (TPSA) is 58.4 Å². The van der Waals surface area contributed by atoms with Crippen molar-refractivity contribution in [2.45, 2.75) is 32.7 Å². The molecule has 19 heavy (non-hydrogen) atoms. The molecule has 1 amide bonds. The zero-order chi connectivity index (χ0) is 14.0. The van der Waals surface area contributed by atoms with Gasteiger partial charge in [0.1, 0.15) is 0 Å². The second kappa shape index (κ2) is 5.61. The van der Waals surface area contributed by atoms with Gasteiger partial charge >= 0.3 is 0 Å². The molecule has 2 rings (SSSR count). The van der Waals surface area contributed by atoms with E-state index in [1.807, 2.05) is 26.1 Å². The van der Waals surface area contributed by atoms with Gasteiger partial charge in [0.25, 0.3) is 0 Å². The molecule has 0 bridgehead atoms. The summed E-state index contributed by atoms with van der Waals surface area (Å²) in [7, 11) is 2.00. The molecule has 104 valence electrons. The van der Waals surface area contributed by atoms with Crippen LogP contribution in [0.3, 0.4) is 0 Å². The monoisotopic (exact) mass is 261 g/mol. The Labute approximate surface area is 115 Å². The maximum absolute atomic E-state index is 12.1. The lowest BCUT2D eigenvalue weighted by Gasteiger charge is -2.24. The molecule has 1 unspecified atom stereocenters. The molecule has 0 aliphatic heterocycles. The molecule has 0 heterocycles. The predicted molar refractivity (Wildman–Crippen MR) is 79.0 cm³/mol. The van der Waals surface area contributed by atoms with E-state index in [1.165, 1.54) is 12.8 Å². The van der Waals surface area contributed by atoms with Crippen molar-refractivity contribution >= 4 is 17.3 Å². The van der Waals surface area contributed by atoms with Gasteiger partial charge in [-0.25, -0.2) is 0 Å². The summed E-state index contributed by atoms with van der Waals surface area (Å²) in [6.07, 6.45) is 2.58. The normalized spacial score (nSPS) is 16.4. The maximum atomic E-state index is 12.1. The number of amides is 1. The van der Waals surface area contributed by atoms with Crippen LogP contribution in [-0.2, 0) is 4.79 Å². The predicted octanol–water partition coefficient (Wildman–Crippen LogP) is 2.25. The van der Waals surface area contributed by atoms with Gasteiger partial charge in [0.05, 0.1) is 17.9 Å². The van der Waals surface area contributed by atoms with Crippen LogP contribution < -0.4 is 11.1 Å². The van der Waals surface area contributed by atoms with Gasteiger partial charge in [0.2, 0.25) is 5.91 Å². The molecular formula is C15H23N3O. The van der Waals surface area contributed by atoms with Gasteiger partial charge in [0, 0.05) is 6.04 Å². The molecule has 1 aliphatic carbocycles. The number of likely N-dealkylation sites (N-methyl/N-ethyl adjacent to an activating group) is 1. The number of anilines is 2. The molecule has 1 fully saturated rings. The molecule has 0 aromatic heterocycles. The Kier molecular flexibility index (Phi) is 4.10. The Balaban J connectivity index is 1.93. The van der Waals surface area contributed by atoms with Crippen LogP contribution in [-0.4, -0.2) is 30.4 Å². The van der Waals surface area contributed by atoms with Crippen molar-refractivity contribution in [2.24, 2.45) is 5.92 Å². The van der Waals surface area contributed by atoms with Crippen LogP contribution in [0, 0.1) is 12.8 Å². The van der Waals surface area contributed by atoms with E-state index in [4.69, 9.17) is 5.73 Å². The summed E-state index contributed by atoms with van der Waals surface area (Å²) in [6, 6.07) is 6.11. The fourth-order valence-electron chi connectivity index (χ4n) is 2.35. The Morgan fingerprint density at radius 1 is 1.53 bits per heavy atom. The highest BCUT2D eigenvalue weighted by molar-refractivity contribution is 5.96. The molecular weight excluding hydrogens is 238 g/mol. The van der Waals surface area contributed by atoms with E-state index in [-0.39, 0.29) is 5.91 Å². The van der Waals surface area contributed by atoms with Gasteiger partial charge in [-0.05, 0) is 51.3 Å². The summed E-state index contributed by atoms with van der Waals surface area (Å²) >= 11 is 0. The third-order valence-electron chi connectivity index (χ3n) is 3.96. The largest absolute Gasteiger partial charge is 0.397 e. The van der Waals surface area contributed by atoms with Crippen LogP contribution in [0.4, 0.5) is 11.4 Å². The van der Waals surface area contributed by atoms with Crippen molar-refractivity contribution in [1.82, 2.24) is 4.90 Å². The lowest BCUT2D eigenvalue weighted by molar-refractivity contribution is -0.117. The molecule has 1 atom stereocenters. The summed E-state index contributed by atoms with van der Waals surface area (Å²) in [5.41, 5.74) is 8.24. The molecule has 0 spiro atoms. The molecule has 4 heteroatoms. The number of para-hydroxylation sites is 1. The van der Waals surface area contributed by atoms with Crippen LogP contribution in [0.15, 0.2) is 18.2 Å². The third-order valence-corrected chi connectivity index (χ3v) is 3.96. The first kappa shape index (κ1) is 13.9. The number of hydrogen-bond acceptors (Lipinski definition) is 3. The van der Waals surface area contributed by atoms with Crippen molar-refractivity contribution in [3.05, 3.63) is 23.8 Å². The summed E-state index contributed by atoms with van der Waals surface area (Å²) in [5, 5.41) is 2.92. The molecule has 1 aromatic rings. The minimum absolute atomic E-state index is 0.00370. The van der Waals surface area contributed by atoms with E-state index in [0.717, 1.165) is 17.2 Å². The van der Waals surface area contributed by atoms with Crippen LogP contribution >= 0.6 is 0 Å². The number of carbonyl (C=O) groups is 1. The van der Waals surface area contributed by atoms with E-state index < -0.39 is 0 Å². The van der Waals surface area contributed by atoms with Gasteiger partial charge in [-0.2, -0.15) is 0 Å². The summed E-state index contributed by atoms with van der Waals surface area (Å²) in [5.74, 6) is 0.761. The SMILES string of the molecule is Cc1cccc(N)c1NC(=O)CN(C)C(C)C1CC1. The maximum Gasteiger partial charge on any atom is 0.238 e. The molecule has 1 aromatic carbocycles. The zero-order valence-electron chi connectivity index (χ0n) is 11.9. The van der Waals surface area contributed by atoms with Crippen molar-refractivity contribution in [3.63, 3.8) is 0 Å². The Hall–Kier alpha value is -1.55. The molecule has 1 saturated carbocycles. The van der Waals surface area contributed by atoms with E-state index in [0.29, 0.717) is 18.3 Å². The quantitative estimate of drug-likeness (QED) is 0.799. The van der Waals surface area contributed by atoms with E-state index >= 15 is 0 Å². The van der Waals surface area contributed by atoms with Gasteiger partial charge < -0.3 is 11.1 Å². The number of nitrogens with two attached hydrogens (primary N) is 1. The number of nitrogens with zero attached hydrogens (tertiary/aromatic N) is 1. The third kappa shape index (κ3) is 3.47. The Morgan fingerprint density at radius 2 is 2.21 bits per heavy atom. The average molecular weight is 261 g/mol. The molecule has 0 radical (unpaired) electrons. The highest BCUT2D eigenvalue weighted by Gasteiger charge is 2.31. The first-order valence-electron chi connectivity index (χ1n) is 6.84. The van der Waals surface area contributed by atoms with Crippen molar-refractivity contribution in [2.75, 3.05) is 24.6 Å². The first-order valence-corrected chi connectivity index (χ1v) is 6.84. The van der Waals surface area contributed by atoms with Crippen LogP contribution in [0.2, 0.25) is 0 Å². The van der Waals surface area contributed by atoms with E-state index in [9.17, 15) is 4.79 Å². The van der Waals surface area contributed by atoms with Gasteiger partial charge in [0.15, 0.2) is 0 Å². The number of hydrogen-bond donors (Lipinski definition) is 2. The van der Waals surface area contributed by atoms with Crippen molar-refractivity contribution in [3.8, 4) is 0 Å². The minimum atomic E-state index is -0.00370. The van der Waals surface area contributed by atoms with Crippen molar-refractivity contribution in [1.29, 1.82) is 0 Å². The smallest absolute Gasteiger partial charge is 0.238 e. The number of benzene rings is 1. The molecule has 1 aliphatic rings.